The summed E-state index contributed by atoms with van der Waals surface area (Å²) >= 11 is 1.23. The quantitative estimate of drug-likeness (QED) is 0.696. The van der Waals surface area contributed by atoms with Crippen LogP contribution in [0.4, 0.5) is 5.82 Å². The molecule has 1 aliphatic heterocycles. The molecule has 0 saturated heterocycles. The first-order valence-electron chi connectivity index (χ1n) is 8.11. The second-order valence-corrected chi connectivity index (χ2v) is 6.88. The van der Waals surface area contributed by atoms with Gasteiger partial charge < -0.3 is 20.3 Å². The average Bonchev–Trinajstić information content (AvgIpc) is 3.17. The van der Waals surface area contributed by atoms with E-state index in [4.69, 9.17) is 15.2 Å². The monoisotopic (exact) mass is 388 g/mol. The number of pyridine rings is 1. The molecule has 1 aromatic heterocycles. The Kier molecular flexibility index (Phi) is 4.40. The molecule has 0 spiro atoms. The summed E-state index contributed by atoms with van der Waals surface area (Å²) in [6.07, 6.45) is 0. The summed E-state index contributed by atoms with van der Waals surface area (Å²) in [4.78, 5) is 5.03. The van der Waals surface area contributed by atoms with Gasteiger partial charge in [-0.2, -0.15) is 10.5 Å². The molecule has 2 aromatic carbocycles. The third kappa shape index (κ3) is 3.02. The largest absolute Gasteiger partial charge is 0.508 e. The van der Waals surface area contributed by atoms with Crippen LogP contribution in [0.3, 0.4) is 0 Å². The van der Waals surface area contributed by atoms with Crippen LogP contribution in [0.2, 0.25) is 0 Å². The van der Waals surface area contributed by atoms with E-state index in [9.17, 15) is 15.6 Å². The molecule has 0 saturated carbocycles. The number of fused-ring (bicyclic) bond motifs is 1. The van der Waals surface area contributed by atoms with Gasteiger partial charge in [0.1, 0.15) is 34.3 Å². The highest BCUT2D eigenvalue weighted by molar-refractivity contribution is 7.99. The third-order valence-corrected chi connectivity index (χ3v) is 5.12. The molecule has 0 unspecified atom stereocenters. The molecule has 28 heavy (non-hydrogen) atoms. The summed E-state index contributed by atoms with van der Waals surface area (Å²) in [6.45, 7) is 0.120. The number of nitriles is 2. The highest BCUT2D eigenvalue weighted by Gasteiger charge is 2.23. The van der Waals surface area contributed by atoms with Crippen LogP contribution in [0.1, 0.15) is 11.1 Å². The van der Waals surface area contributed by atoms with Crippen LogP contribution in [-0.4, -0.2) is 16.9 Å². The fourth-order valence-corrected chi connectivity index (χ4v) is 3.73. The molecule has 3 N–H and O–H groups in total. The Balaban J connectivity index is 1.89. The first-order valence-corrected chi connectivity index (χ1v) is 8.93. The second kappa shape index (κ2) is 7.03. The smallest absolute Gasteiger partial charge is 0.231 e. The van der Waals surface area contributed by atoms with E-state index in [2.05, 4.69) is 17.1 Å². The number of aromatic nitrogens is 1. The number of ether oxygens (including phenoxy) is 2. The molecule has 4 rings (SSSR count). The van der Waals surface area contributed by atoms with Crippen LogP contribution in [0.5, 0.6) is 17.2 Å². The van der Waals surface area contributed by atoms with Crippen molar-refractivity contribution >= 4 is 17.6 Å². The van der Waals surface area contributed by atoms with Crippen molar-refractivity contribution in [3.63, 3.8) is 0 Å². The summed E-state index contributed by atoms with van der Waals surface area (Å²) in [6, 6.07) is 15.9. The van der Waals surface area contributed by atoms with E-state index >= 15 is 0 Å². The molecule has 136 valence electrons. The normalized spacial score (nSPS) is 11.6. The molecule has 0 fully saturated rings. The van der Waals surface area contributed by atoms with Crippen molar-refractivity contribution in [1.29, 1.82) is 10.5 Å². The Morgan fingerprint density at radius 2 is 1.71 bits per heavy atom. The van der Waals surface area contributed by atoms with Crippen molar-refractivity contribution in [2.75, 3.05) is 12.5 Å². The van der Waals surface area contributed by atoms with Crippen LogP contribution in [0.15, 0.2) is 52.4 Å². The minimum atomic E-state index is 0.0374. The molecule has 8 heteroatoms. The Morgan fingerprint density at radius 1 is 1.00 bits per heavy atom. The summed E-state index contributed by atoms with van der Waals surface area (Å²) in [5.74, 6) is 1.31. The Morgan fingerprint density at radius 3 is 2.43 bits per heavy atom. The number of aromatic hydroxyl groups is 1. The van der Waals surface area contributed by atoms with E-state index in [0.717, 1.165) is 4.90 Å². The van der Waals surface area contributed by atoms with Gasteiger partial charge in [0.2, 0.25) is 6.79 Å². The Hall–Kier alpha value is -3.88. The van der Waals surface area contributed by atoms with Crippen molar-refractivity contribution in [1.82, 2.24) is 4.98 Å². The zero-order valence-corrected chi connectivity index (χ0v) is 15.2. The number of hydrogen-bond donors (Lipinski definition) is 2. The minimum absolute atomic E-state index is 0.0374. The zero-order chi connectivity index (χ0) is 19.7. The summed E-state index contributed by atoms with van der Waals surface area (Å²) < 4.78 is 10.7. The van der Waals surface area contributed by atoms with Crippen molar-refractivity contribution in [2.45, 2.75) is 9.92 Å². The number of phenols is 1. The van der Waals surface area contributed by atoms with Crippen molar-refractivity contribution in [3.05, 3.63) is 53.6 Å². The van der Waals surface area contributed by atoms with Gasteiger partial charge in [0.25, 0.3) is 0 Å². The van der Waals surface area contributed by atoms with Gasteiger partial charge in [0, 0.05) is 10.5 Å². The maximum atomic E-state index is 9.84. The SMILES string of the molecule is N#Cc1c(N)nc(Sc2ccc(O)cc2)c(C#N)c1-c1ccc2c(c1)OCO2. The summed E-state index contributed by atoms with van der Waals surface area (Å²) in [7, 11) is 0. The first kappa shape index (κ1) is 17.5. The molecular formula is C20H12N4O3S. The van der Waals surface area contributed by atoms with Gasteiger partial charge in [-0.15, -0.1) is 0 Å². The molecule has 2 heterocycles. The van der Waals surface area contributed by atoms with E-state index in [1.54, 1.807) is 42.5 Å². The van der Waals surface area contributed by atoms with Gasteiger partial charge in [0.15, 0.2) is 11.5 Å². The third-order valence-electron chi connectivity index (χ3n) is 4.13. The lowest BCUT2D eigenvalue weighted by atomic mass is 9.96. The van der Waals surface area contributed by atoms with Gasteiger partial charge in [-0.1, -0.05) is 17.8 Å². The molecule has 0 aliphatic carbocycles. The van der Waals surface area contributed by atoms with Gasteiger partial charge in [-0.25, -0.2) is 4.98 Å². The van der Waals surface area contributed by atoms with Gasteiger partial charge in [0.05, 0.1) is 5.56 Å². The van der Waals surface area contributed by atoms with Crippen LogP contribution < -0.4 is 15.2 Å². The van der Waals surface area contributed by atoms with Crippen LogP contribution in [0.25, 0.3) is 11.1 Å². The lowest BCUT2D eigenvalue weighted by molar-refractivity contribution is 0.174. The second-order valence-electron chi connectivity index (χ2n) is 5.81. The predicted molar refractivity (Wildman–Crippen MR) is 102 cm³/mol. The first-order chi connectivity index (χ1) is 13.6. The molecule has 1 aliphatic rings. The fraction of sp³-hybridized carbons (Fsp3) is 0.0500. The van der Waals surface area contributed by atoms with Crippen molar-refractivity contribution in [3.8, 4) is 40.5 Å². The minimum Gasteiger partial charge on any atom is -0.508 e. The van der Waals surface area contributed by atoms with E-state index in [1.165, 1.54) is 11.8 Å². The number of nitrogens with two attached hydrogens (primary N) is 1. The van der Waals surface area contributed by atoms with E-state index in [0.29, 0.717) is 27.7 Å². The van der Waals surface area contributed by atoms with Gasteiger partial charge in [-0.3, -0.25) is 0 Å². The van der Waals surface area contributed by atoms with Crippen LogP contribution in [0, 0.1) is 22.7 Å². The van der Waals surface area contributed by atoms with Crippen LogP contribution in [-0.2, 0) is 0 Å². The highest BCUT2D eigenvalue weighted by atomic mass is 32.2. The maximum absolute atomic E-state index is 9.84. The highest BCUT2D eigenvalue weighted by Crippen LogP contribution is 2.42. The number of hydrogen-bond acceptors (Lipinski definition) is 8. The maximum Gasteiger partial charge on any atom is 0.231 e. The van der Waals surface area contributed by atoms with Crippen LogP contribution >= 0.6 is 11.8 Å². The lowest BCUT2D eigenvalue weighted by Gasteiger charge is -2.13. The zero-order valence-electron chi connectivity index (χ0n) is 14.3. The standard InChI is InChI=1S/C20H12N4O3S/c21-8-14-18(11-1-6-16-17(7-11)27-10-26-16)15(9-22)20(24-19(14)23)28-13-4-2-12(25)3-5-13/h1-7,25H,10H2,(H2,23,24). The average molecular weight is 388 g/mol. The fourth-order valence-electron chi connectivity index (χ4n) is 2.84. The van der Waals surface area contributed by atoms with Crippen molar-refractivity contribution < 1.29 is 14.6 Å². The molecule has 3 aromatic rings. The topological polar surface area (TPSA) is 125 Å². The number of phenolic OH excluding ortho intramolecular Hbond substituents is 1. The number of benzene rings is 2. The lowest BCUT2D eigenvalue weighted by Crippen LogP contribution is -2.03. The Labute approximate surface area is 164 Å². The number of nitrogen functional groups attached to an aromatic ring is 1. The number of nitrogens with zero attached hydrogens (tertiary/aromatic N) is 3. The van der Waals surface area contributed by atoms with E-state index in [1.807, 2.05) is 0 Å². The summed E-state index contributed by atoms with van der Waals surface area (Å²) in [5.41, 5.74) is 7.41. The van der Waals surface area contributed by atoms with Gasteiger partial charge >= 0.3 is 0 Å². The molecule has 0 radical (unpaired) electrons. The van der Waals surface area contributed by atoms with Crippen molar-refractivity contribution in [2.24, 2.45) is 0 Å². The number of rotatable bonds is 3. The molecule has 0 bridgehead atoms. The molecule has 0 atom stereocenters. The van der Waals surface area contributed by atoms with Gasteiger partial charge in [-0.05, 0) is 42.0 Å². The molecular weight excluding hydrogens is 376 g/mol. The summed E-state index contributed by atoms with van der Waals surface area (Å²) in [5, 5.41) is 29.3. The van der Waals surface area contributed by atoms with E-state index < -0.39 is 0 Å². The predicted octanol–water partition coefficient (Wildman–Crippen LogP) is 3.66. The number of anilines is 1. The Bertz CT molecular complexity index is 1160. The van der Waals surface area contributed by atoms with E-state index in [-0.39, 0.29) is 29.5 Å². The molecule has 7 nitrogen and oxygen atoms in total. The molecule has 0 amide bonds.